The number of nitrogens with two attached hydrogens (primary N) is 2. The third-order valence-corrected chi connectivity index (χ3v) is 21.7. The fraction of sp³-hybridized carbons (Fsp3) is 0.438. The molecule has 89 heavy (non-hydrogen) atoms. The Labute approximate surface area is 551 Å². The first kappa shape index (κ1) is 67.6. The summed E-state index contributed by atoms with van der Waals surface area (Å²) in [7, 11) is -0.431. The van der Waals surface area contributed by atoms with Crippen molar-refractivity contribution in [3.8, 4) is 51.3 Å². The lowest BCUT2D eigenvalue weighted by Gasteiger charge is -2.45. The minimum atomic E-state index is -0.992. The number of aromatic nitrogens is 3. The van der Waals surface area contributed by atoms with E-state index >= 15 is 0 Å². The molecule has 2 atom stereocenters. The lowest BCUT2D eigenvalue weighted by atomic mass is 9.79. The number of amidine groups is 2. The molecule has 4 aliphatic heterocycles. The second kappa shape index (κ2) is 26.0. The lowest BCUT2D eigenvalue weighted by Crippen LogP contribution is -2.42. The summed E-state index contributed by atoms with van der Waals surface area (Å²) >= 11 is 5.75. The molecule has 4 aliphatic rings. The Kier molecular flexibility index (Phi) is 19.8. The van der Waals surface area contributed by atoms with Crippen LogP contribution < -0.4 is 31.0 Å². The topological polar surface area (TPSA) is 162 Å². The minimum Gasteiger partial charge on any atom is -0.491 e. The monoisotopic (exact) mass is 1400 g/mol. The van der Waals surface area contributed by atoms with E-state index in [9.17, 15) is 4.39 Å². The highest BCUT2D eigenvalue weighted by Crippen LogP contribution is 2.62. The molecule has 12 nitrogen and oxygen atoms in total. The number of pyridine rings is 3. The van der Waals surface area contributed by atoms with Crippen molar-refractivity contribution >= 4 is 63.4 Å². The van der Waals surface area contributed by atoms with E-state index in [1.54, 1.807) is 47.5 Å². The van der Waals surface area contributed by atoms with Crippen molar-refractivity contribution in [2.75, 3.05) is 33.0 Å². The molecule has 7 heterocycles. The van der Waals surface area contributed by atoms with Crippen molar-refractivity contribution in [3.63, 3.8) is 0 Å². The zero-order valence-electron chi connectivity index (χ0n) is 55.4. The van der Waals surface area contributed by atoms with Crippen LogP contribution in [-0.2, 0) is 20.6 Å². The van der Waals surface area contributed by atoms with E-state index in [0.717, 1.165) is 24.9 Å². The quantitative estimate of drug-likeness (QED) is 0.0851. The molecule has 0 aliphatic carbocycles. The molecule has 4 aromatic carbocycles. The fourth-order valence-electron chi connectivity index (χ4n) is 12.7. The second-order valence-corrected chi connectivity index (χ2v) is 34.1. The maximum Gasteiger partial charge on any atom is 0.225 e. The van der Waals surface area contributed by atoms with Gasteiger partial charge in [-0.15, -0.1) is 0 Å². The van der Waals surface area contributed by atoms with Gasteiger partial charge in [-0.25, -0.2) is 15.0 Å². The minimum absolute atomic E-state index is 0.0179. The number of fused-ring (bicyclic) bond motifs is 8. The molecule has 4 N–H and O–H groups in total. The lowest BCUT2D eigenvalue weighted by molar-refractivity contribution is 0.109. The van der Waals surface area contributed by atoms with Crippen LogP contribution in [-0.4, -0.2) is 70.0 Å². The van der Waals surface area contributed by atoms with Crippen molar-refractivity contribution in [2.45, 2.75) is 171 Å². The smallest absolute Gasteiger partial charge is 0.225 e. The molecule has 0 bridgehead atoms. The van der Waals surface area contributed by atoms with Crippen molar-refractivity contribution in [1.29, 1.82) is 0 Å². The van der Waals surface area contributed by atoms with E-state index in [1.165, 1.54) is 50.7 Å². The standard InChI is InChI=1S/C33H53P.C25H25FN4O3.C15H11BrIN3O2/c1-19(2)26-17-27(20(3)4)30(28(18-26)21(5)6)29-24(9)22(7)23(8)25(10)31(29)34(32(11,12)13)33(14,15)16;1-24(2,3)13-32-16-10-19-23(29-11-16)33-20-7-6-15(17-5-4-8-28-22(17)26)9-18(20)25(19)14-31-12-21(27)30-25;16-8-3-11-14(19-5-8)22-12-2-1-9(17)4-10(12)15(11)7-21-6-13(18)20-15/h17-21H,1-16H3;4-11H,12-14H2,1-3H3,(H2,27,30);1-5H,6-7H2,(H2,18,20)/t;25-;15-/m.00/s1. The summed E-state index contributed by atoms with van der Waals surface area (Å²) < 4.78 is 46.0. The van der Waals surface area contributed by atoms with Crippen LogP contribution in [0.5, 0.6) is 29.0 Å². The van der Waals surface area contributed by atoms with Gasteiger partial charge in [0.25, 0.3) is 0 Å². The van der Waals surface area contributed by atoms with Crippen LogP contribution in [0.4, 0.5) is 4.39 Å². The van der Waals surface area contributed by atoms with Crippen LogP contribution in [0.3, 0.4) is 0 Å². The van der Waals surface area contributed by atoms with E-state index in [4.69, 9.17) is 45.1 Å². The maximum atomic E-state index is 14.4. The number of rotatable bonds is 8. The average molecular weight is 1400 g/mol. The molecule has 16 heteroatoms. The summed E-state index contributed by atoms with van der Waals surface area (Å²) in [5.74, 6) is 4.64. The Bertz CT molecular complexity index is 3810. The zero-order valence-corrected chi connectivity index (χ0v) is 60.1. The van der Waals surface area contributed by atoms with Gasteiger partial charge in [-0.3, -0.25) is 9.98 Å². The average Bonchev–Trinajstić information content (AvgIpc) is 0.759. The first-order valence-electron chi connectivity index (χ1n) is 30.8. The molecule has 0 unspecified atom stereocenters. The number of nitrogens with zero attached hydrogens (tertiary/aromatic N) is 5. The predicted octanol–water partition coefficient (Wildman–Crippen LogP) is 18.3. The van der Waals surface area contributed by atoms with Crippen LogP contribution >= 0.6 is 46.4 Å². The Morgan fingerprint density at radius 2 is 1.16 bits per heavy atom. The van der Waals surface area contributed by atoms with Crippen LogP contribution in [0.1, 0.15) is 183 Å². The SMILES string of the molecule is CC(C)(C)COc1cnc2c(c1)[C@]1(COCC(N)=N1)c1cc(-c3cccnc3F)ccc1O2.Cc1c(C)c(C)c(P(C(C)(C)C)C(C)(C)C)c(-c2c(C(C)C)cc(C(C)C)cc2C(C)C)c1C.NC1=N[C@@]2(COC1)c1cc(I)ccc1Oc1ncc(Br)cc12. The molecule has 0 fully saturated rings. The van der Waals surface area contributed by atoms with Gasteiger partial charge in [0.15, 0.2) is 0 Å². The first-order valence-corrected chi connectivity index (χ1v) is 34.0. The second-order valence-electron chi connectivity index (χ2n) is 28.1. The summed E-state index contributed by atoms with van der Waals surface area (Å²) in [6.45, 7) is 46.5. The van der Waals surface area contributed by atoms with Gasteiger partial charge in [-0.05, 0) is 215 Å². The van der Waals surface area contributed by atoms with Crippen LogP contribution in [0.15, 0.2) is 106 Å². The van der Waals surface area contributed by atoms with E-state index in [2.05, 4.69) is 203 Å². The fourth-order valence-corrected chi connectivity index (χ4v) is 17.9. The Balaban J connectivity index is 0.000000162. The van der Waals surface area contributed by atoms with Crippen LogP contribution in [0.2, 0.25) is 0 Å². The van der Waals surface area contributed by atoms with Gasteiger partial charge in [-0.2, -0.15) is 4.39 Å². The molecular formula is C73H89BrFIN7O5P. The Morgan fingerprint density at radius 1 is 0.629 bits per heavy atom. The highest BCUT2D eigenvalue weighted by Gasteiger charge is 2.48. The van der Waals surface area contributed by atoms with E-state index in [0.29, 0.717) is 94.8 Å². The van der Waals surface area contributed by atoms with Crippen molar-refractivity contribution in [2.24, 2.45) is 26.9 Å². The van der Waals surface area contributed by atoms with Crippen LogP contribution in [0.25, 0.3) is 22.3 Å². The summed E-state index contributed by atoms with van der Waals surface area (Å²) in [4.78, 5) is 22.3. The molecule has 7 aromatic rings. The third kappa shape index (κ3) is 13.9. The maximum absolute atomic E-state index is 14.4. The Hall–Kier alpha value is -5.84. The predicted molar refractivity (Wildman–Crippen MR) is 376 cm³/mol. The molecule has 3 aromatic heterocycles. The van der Waals surface area contributed by atoms with Gasteiger partial charge in [0.2, 0.25) is 17.7 Å². The normalized spacial score (nSPS) is 17.8. The molecule has 11 rings (SSSR count). The van der Waals surface area contributed by atoms with E-state index < -0.39 is 24.9 Å². The van der Waals surface area contributed by atoms with Crippen molar-refractivity contribution in [3.05, 3.63) is 167 Å². The summed E-state index contributed by atoms with van der Waals surface area (Å²) in [6, 6.07) is 23.7. The van der Waals surface area contributed by atoms with Gasteiger partial charge in [0.1, 0.15) is 53.2 Å². The molecule has 0 amide bonds. The zero-order chi connectivity index (χ0) is 65.0. The van der Waals surface area contributed by atoms with Gasteiger partial charge in [-0.1, -0.05) is 130 Å². The number of aliphatic imine (C=N–C) groups is 2. The third-order valence-electron chi connectivity index (χ3n) is 16.9. The molecule has 472 valence electrons. The van der Waals surface area contributed by atoms with Crippen molar-refractivity contribution < 1.29 is 28.1 Å². The van der Waals surface area contributed by atoms with Crippen molar-refractivity contribution in [1.82, 2.24) is 15.0 Å². The molecule has 0 saturated heterocycles. The number of ether oxygens (including phenoxy) is 5. The van der Waals surface area contributed by atoms with Crippen LogP contribution in [0, 0.1) is 42.6 Å². The summed E-state index contributed by atoms with van der Waals surface area (Å²) in [6.07, 6.45) is 4.77. The molecular weight excluding hydrogens is 1310 g/mol. The number of hydrogen-bond acceptors (Lipinski definition) is 12. The van der Waals surface area contributed by atoms with Gasteiger partial charge < -0.3 is 35.2 Å². The summed E-state index contributed by atoms with van der Waals surface area (Å²) in [5.41, 5.74) is 28.2. The highest BCUT2D eigenvalue weighted by atomic mass is 127. The summed E-state index contributed by atoms with van der Waals surface area (Å²) in [5, 5.41) is 2.08. The Morgan fingerprint density at radius 3 is 1.67 bits per heavy atom. The first-order chi connectivity index (χ1) is 41.6. The number of hydrogen-bond donors (Lipinski definition) is 2. The largest absolute Gasteiger partial charge is 0.491 e. The molecule has 0 saturated carbocycles. The van der Waals surface area contributed by atoms with E-state index in [1.807, 2.05) is 30.3 Å². The molecule has 2 spiro atoms. The van der Waals surface area contributed by atoms with Gasteiger partial charge in [0, 0.05) is 37.1 Å². The molecule has 0 radical (unpaired) electrons. The van der Waals surface area contributed by atoms with E-state index in [-0.39, 0.29) is 28.9 Å². The van der Waals surface area contributed by atoms with Gasteiger partial charge in [0.05, 0.1) is 37.1 Å². The number of benzene rings is 4. The van der Waals surface area contributed by atoms with Gasteiger partial charge >= 0.3 is 0 Å². The number of halogens is 3. The highest BCUT2D eigenvalue weighted by molar-refractivity contribution is 14.1.